The highest BCUT2D eigenvalue weighted by atomic mass is 16.6. The van der Waals surface area contributed by atoms with Gasteiger partial charge in [-0.3, -0.25) is 19.9 Å². The van der Waals surface area contributed by atoms with Crippen molar-refractivity contribution in [3.63, 3.8) is 0 Å². The number of rotatable bonds is 4. The van der Waals surface area contributed by atoms with Gasteiger partial charge in [-0.2, -0.15) is 0 Å². The maximum atomic E-state index is 12.6. The number of nitrogens with one attached hydrogen (secondary N) is 1. The number of nitro groups is 1. The lowest BCUT2D eigenvalue weighted by Gasteiger charge is -2.06. The normalized spacial score (nSPS) is 10.7. The molecule has 0 unspecified atom stereocenters. The number of benzene rings is 2. The molecule has 0 atom stereocenters. The van der Waals surface area contributed by atoms with Crippen LogP contribution in [0.3, 0.4) is 0 Å². The molecule has 7 nitrogen and oxygen atoms in total. The van der Waals surface area contributed by atoms with Crippen LogP contribution in [-0.2, 0) is 0 Å². The minimum atomic E-state index is -0.487. The Kier molecular flexibility index (Phi) is 4.10. The number of furan rings is 1. The van der Waals surface area contributed by atoms with Crippen molar-refractivity contribution in [3.8, 4) is 11.3 Å². The first-order valence-corrected chi connectivity index (χ1v) is 8.12. The molecule has 0 aliphatic heterocycles. The summed E-state index contributed by atoms with van der Waals surface area (Å²) >= 11 is 0. The molecule has 4 rings (SSSR count). The van der Waals surface area contributed by atoms with Gasteiger partial charge in [0.25, 0.3) is 11.6 Å². The highest BCUT2D eigenvalue weighted by molar-refractivity contribution is 6.07. The van der Waals surface area contributed by atoms with E-state index in [9.17, 15) is 14.9 Å². The molecule has 2 aromatic heterocycles. The highest BCUT2D eigenvalue weighted by Crippen LogP contribution is 2.31. The zero-order valence-electron chi connectivity index (χ0n) is 14.0. The van der Waals surface area contributed by atoms with Gasteiger partial charge < -0.3 is 9.73 Å². The van der Waals surface area contributed by atoms with Gasteiger partial charge in [0.15, 0.2) is 5.76 Å². The van der Waals surface area contributed by atoms with E-state index in [0.29, 0.717) is 16.8 Å². The molecule has 0 saturated carbocycles. The number of amides is 1. The molecule has 132 valence electrons. The van der Waals surface area contributed by atoms with E-state index in [-0.39, 0.29) is 17.2 Å². The van der Waals surface area contributed by atoms with Gasteiger partial charge in [-0.25, -0.2) is 0 Å². The first-order valence-electron chi connectivity index (χ1n) is 8.12. The number of carbonyl (C=O) groups excluding carboxylic acids is 1. The summed E-state index contributed by atoms with van der Waals surface area (Å²) in [6.07, 6.45) is 1.65. The second-order valence-electron chi connectivity index (χ2n) is 5.77. The Bertz CT molecular complexity index is 1160. The van der Waals surface area contributed by atoms with E-state index < -0.39 is 10.8 Å². The third-order valence-corrected chi connectivity index (χ3v) is 4.08. The first-order chi connectivity index (χ1) is 13.1. The van der Waals surface area contributed by atoms with Crippen molar-refractivity contribution in [1.82, 2.24) is 4.98 Å². The number of hydrogen-bond acceptors (Lipinski definition) is 5. The monoisotopic (exact) mass is 359 g/mol. The quantitative estimate of drug-likeness (QED) is 0.422. The van der Waals surface area contributed by atoms with Crippen LogP contribution in [0.4, 0.5) is 11.4 Å². The Morgan fingerprint density at radius 1 is 1.00 bits per heavy atom. The average Bonchev–Trinajstić information content (AvgIpc) is 3.18. The van der Waals surface area contributed by atoms with Crippen molar-refractivity contribution in [2.45, 2.75) is 0 Å². The number of hydrogen-bond donors (Lipinski definition) is 1. The molecule has 2 heterocycles. The summed E-state index contributed by atoms with van der Waals surface area (Å²) in [5, 5.41) is 14.9. The van der Waals surface area contributed by atoms with Crippen LogP contribution in [0.1, 0.15) is 10.6 Å². The summed E-state index contributed by atoms with van der Waals surface area (Å²) in [4.78, 5) is 27.5. The van der Waals surface area contributed by atoms with Crippen LogP contribution in [0.25, 0.3) is 22.2 Å². The summed E-state index contributed by atoms with van der Waals surface area (Å²) in [7, 11) is 0. The minimum absolute atomic E-state index is 0.0519. The highest BCUT2D eigenvalue weighted by Gasteiger charge is 2.19. The van der Waals surface area contributed by atoms with E-state index >= 15 is 0 Å². The molecule has 0 radical (unpaired) electrons. The topological polar surface area (TPSA) is 98.3 Å². The lowest BCUT2D eigenvalue weighted by molar-refractivity contribution is -0.384. The fraction of sp³-hybridized carbons (Fsp3) is 0. The van der Waals surface area contributed by atoms with Gasteiger partial charge in [0.1, 0.15) is 5.76 Å². The molecule has 27 heavy (non-hydrogen) atoms. The number of para-hydroxylation sites is 2. The minimum Gasteiger partial charge on any atom is -0.451 e. The Morgan fingerprint density at radius 2 is 1.81 bits per heavy atom. The van der Waals surface area contributed by atoms with Crippen molar-refractivity contribution in [2.24, 2.45) is 0 Å². The maximum absolute atomic E-state index is 12.6. The molecule has 0 bridgehead atoms. The summed E-state index contributed by atoms with van der Waals surface area (Å²) in [6, 6.07) is 18.4. The van der Waals surface area contributed by atoms with Gasteiger partial charge in [0.05, 0.1) is 21.7 Å². The van der Waals surface area contributed by atoms with Crippen LogP contribution in [0, 0.1) is 10.1 Å². The van der Waals surface area contributed by atoms with Crippen molar-refractivity contribution < 1.29 is 14.1 Å². The molecule has 0 aliphatic carbocycles. The van der Waals surface area contributed by atoms with Crippen LogP contribution < -0.4 is 5.32 Å². The van der Waals surface area contributed by atoms with Crippen LogP contribution in [0.2, 0.25) is 0 Å². The molecule has 4 aromatic rings. The maximum Gasteiger partial charge on any atom is 0.291 e. The van der Waals surface area contributed by atoms with E-state index in [0.717, 1.165) is 5.39 Å². The molecule has 0 spiro atoms. The Morgan fingerprint density at radius 3 is 2.67 bits per heavy atom. The van der Waals surface area contributed by atoms with Crippen molar-refractivity contribution in [2.75, 3.05) is 5.32 Å². The van der Waals surface area contributed by atoms with E-state index in [1.165, 1.54) is 12.1 Å². The van der Waals surface area contributed by atoms with Crippen LogP contribution in [0.5, 0.6) is 0 Å². The largest absolute Gasteiger partial charge is 0.451 e. The fourth-order valence-electron chi connectivity index (χ4n) is 2.83. The predicted molar refractivity (Wildman–Crippen MR) is 100 cm³/mol. The van der Waals surface area contributed by atoms with Gasteiger partial charge in [0, 0.05) is 17.6 Å². The van der Waals surface area contributed by atoms with Gasteiger partial charge in [-0.15, -0.1) is 0 Å². The lowest BCUT2D eigenvalue weighted by Crippen LogP contribution is -2.11. The van der Waals surface area contributed by atoms with E-state index in [1.807, 2.05) is 24.3 Å². The van der Waals surface area contributed by atoms with Crippen molar-refractivity contribution in [1.29, 1.82) is 0 Å². The number of aromatic nitrogens is 1. The standard InChI is InChI=1S/C20H13N3O4/c24-20(22-15-8-3-5-13-6-4-12-21-19(13)15)18-11-10-17(27-18)14-7-1-2-9-16(14)23(25)26/h1-12H,(H,22,24). The van der Waals surface area contributed by atoms with Gasteiger partial charge in [-0.05, 0) is 30.3 Å². The molecule has 1 amide bonds. The SMILES string of the molecule is O=C(Nc1cccc2cccnc12)c1ccc(-c2ccccc2[N+](=O)[O-])o1. The van der Waals surface area contributed by atoms with Crippen LogP contribution in [0.15, 0.2) is 77.3 Å². The van der Waals surface area contributed by atoms with E-state index in [4.69, 9.17) is 4.42 Å². The Balaban J connectivity index is 1.64. The smallest absolute Gasteiger partial charge is 0.291 e. The third kappa shape index (κ3) is 3.13. The first kappa shape index (κ1) is 16.5. The fourth-order valence-corrected chi connectivity index (χ4v) is 2.83. The molecule has 0 aliphatic rings. The van der Waals surface area contributed by atoms with Gasteiger partial charge >= 0.3 is 0 Å². The molecule has 0 saturated heterocycles. The summed E-state index contributed by atoms with van der Waals surface area (Å²) < 4.78 is 5.57. The van der Waals surface area contributed by atoms with Crippen molar-refractivity contribution in [3.05, 3.63) is 88.8 Å². The van der Waals surface area contributed by atoms with Gasteiger partial charge in [-0.1, -0.05) is 30.3 Å². The van der Waals surface area contributed by atoms with E-state index in [1.54, 1.807) is 36.5 Å². The second-order valence-corrected chi connectivity index (χ2v) is 5.77. The number of anilines is 1. The molecule has 1 N–H and O–H groups in total. The Hall–Kier alpha value is -4.00. The second kappa shape index (κ2) is 6.72. The number of nitro benzene ring substituents is 1. The molecular formula is C20H13N3O4. The summed E-state index contributed by atoms with van der Waals surface area (Å²) in [6.45, 7) is 0. The molecule has 0 fully saturated rings. The number of nitrogens with zero attached hydrogens (tertiary/aromatic N) is 2. The van der Waals surface area contributed by atoms with Crippen LogP contribution >= 0.6 is 0 Å². The third-order valence-electron chi connectivity index (χ3n) is 4.08. The lowest BCUT2D eigenvalue weighted by atomic mass is 10.1. The number of fused-ring (bicyclic) bond motifs is 1. The van der Waals surface area contributed by atoms with Crippen molar-refractivity contribution >= 4 is 28.2 Å². The number of pyridine rings is 1. The molecule has 2 aromatic carbocycles. The molecule has 7 heteroatoms. The van der Waals surface area contributed by atoms with Crippen LogP contribution in [-0.4, -0.2) is 15.8 Å². The predicted octanol–water partition coefficient (Wildman–Crippen LogP) is 4.66. The van der Waals surface area contributed by atoms with E-state index in [2.05, 4.69) is 10.3 Å². The zero-order valence-corrected chi connectivity index (χ0v) is 14.0. The summed E-state index contributed by atoms with van der Waals surface area (Å²) in [5.41, 5.74) is 1.45. The molecular weight excluding hydrogens is 346 g/mol. The Labute approximate surface area is 153 Å². The average molecular weight is 359 g/mol. The van der Waals surface area contributed by atoms with Gasteiger partial charge in [0.2, 0.25) is 0 Å². The summed E-state index contributed by atoms with van der Waals surface area (Å²) in [5.74, 6) is -0.155. The number of carbonyl (C=O) groups is 1. The zero-order chi connectivity index (χ0) is 18.8.